The average Bonchev–Trinajstić information content (AvgIpc) is 2.30. The molecule has 0 saturated heterocycles. The van der Waals surface area contributed by atoms with Crippen LogP contribution in [0.5, 0.6) is 0 Å². The molecule has 94 valence electrons. The van der Waals surface area contributed by atoms with Gasteiger partial charge >= 0.3 is 5.97 Å². The van der Waals surface area contributed by atoms with Crippen molar-refractivity contribution in [3.8, 4) is 0 Å². The Kier molecular flexibility index (Phi) is 4.23. The maximum absolute atomic E-state index is 12.9. The Morgan fingerprint density at radius 1 is 1.29 bits per heavy atom. The summed E-state index contributed by atoms with van der Waals surface area (Å²) in [5.41, 5.74) is -0.521. The third kappa shape index (κ3) is 2.47. The third-order valence-corrected chi connectivity index (χ3v) is 3.22. The van der Waals surface area contributed by atoms with E-state index >= 15 is 0 Å². The maximum Gasteiger partial charge on any atom is 0.328 e. The smallest absolute Gasteiger partial charge is 0.328 e. The van der Waals surface area contributed by atoms with Crippen molar-refractivity contribution in [3.05, 3.63) is 35.6 Å². The fourth-order valence-electron chi connectivity index (χ4n) is 2.07. The second kappa shape index (κ2) is 5.27. The van der Waals surface area contributed by atoms with E-state index in [0.717, 1.165) is 0 Å². The minimum absolute atomic E-state index is 0.360. The van der Waals surface area contributed by atoms with Crippen LogP contribution >= 0.6 is 0 Å². The molecule has 1 N–H and O–H groups in total. The highest BCUT2D eigenvalue weighted by Crippen LogP contribution is 2.28. The van der Waals surface area contributed by atoms with Crippen molar-refractivity contribution < 1.29 is 14.3 Å². The number of carboxylic acids is 1. The molecule has 0 spiro atoms. The van der Waals surface area contributed by atoms with Gasteiger partial charge in [0, 0.05) is 0 Å². The number of benzene rings is 1. The first-order valence-electron chi connectivity index (χ1n) is 5.71. The van der Waals surface area contributed by atoms with Gasteiger partial charge in [-0.1, -0.05) is 26.0 Å². The van der Waals surface area contributed by atoms with Gasteiger partial charge in [0.05, 0.1) is 0 Å². The van der Waals surface area contributed by atoms with Crippen LogP contribution < -0.4 is 0 Å². The lowest BCUT2D eigenvalue weighted by molar-refractivity contribution is -0.151. The van der Waals surface area contributed by atoms with Crippen LogP contribution in [0, 0.1) is 5.82 Å². The number of likely N-dealkylation sites (N-methyl/N-ethyl adjacent to an activating group) is 1. The van der Waals surface area contributed by atoms with Crippen molar-refractivity contribution in [2.75, 3.05) is 13.1 Å². The van der Waals surface area contributed by atoms with Crippen LogP contribution in [0.2, 0.25) is 0 Å². The van der Waals surface area contributed by atoms with E-state index in [1.807, 2.05) is 18.7 Å². The lowest BCUT2D eigenvalue weighted by atomic mass is 9.90. The molecule has 1 aromatic carbocycles. The monoisotopic (exact) mass is 239 g/mol. The van der Waals surface area contributed by atoms with Crippen molar-refractivity contribution >= 4 is 5.97 Å². The SMILES string of the molecule is CCN(CC)C(C)(C(=O)O)c1ccc(F)cc1. The van der Waals surface area contributed by atoms with E-state index in [9.17, 15) is 14.3 Å². The van der Waals surface area contributed by atoms with Crippen LogP contribution in [0.15, 0.2) is 24.3 Å². The Labute approximate surface area is 101 Å². The molecule has 3 nitrogen and oxygen atoms in total. The second-order valence-corrected chi connectivity index (χ2v) is 4.06. The van der Waals surface area contributed by atoms with Gasteiger partial charge < -0.3 is 5.11 Å². The molecule has 0 amide bonds. The first-order chi connectivity index (χ1) is 7.96. The van der Waals surface area contributed by atoms with Crippen molar-refractivity contribution in [2.45, 2.75) is 26.3 Å². The molecule has 1 atom stereocenters. The number of aliphatic carboxylic acids is 1. The van der Waals surface area contributed by atoms with E-state index in [-0.39, 0.29) is 5.82 Å². The maximum atomic E-state index is 12.9. The van der Waals surface area contributed by atoms with Gasteiger partial charge in [-0.15, -0.1) is 0 Å². The molecular formula is C13H18FNO2. The highest BCUT2D eigenvalue weighted by atomic mass is 19.1. The van der Waals surface area contributed by atoms with Gasteiger partial charge in [-0.3, -0.25) is 4.90 Å². The summed E-state index contributed by atoms with van der Waals surface area (Å²) >= 11 is 0. The number of rotatable bonds is 5. The summed E-state index contributed by atoms with van der Waals surface area (Å²) in [5.74, 6) is -1.28. The molecule has 0 fully saturated rings. The molecule has 0 bridgehead atoms. The first kappa shape index (κ1) is 13.6. The predicted octanol–water partition coefficient (Wildman–Crippen LogP) is 2.47. The Bertz CT molecular complexity index is 387. The Morgan fingerprint density at radius 2 is 1.76 bits per heavy atom. The summed E-state index contributed by atoms with van der Waals surface area (Å²) in [6, 6.07) is 5.64. The zero-order valence-corrected chi connectivity index (χ0v) is 10.4. The van der Waals surface area contributed by atoms with E-state index in [2.05, 4.69) is 0 Å². The number of carboxylic acid groups (broad SMARTS) is 1. The van der Waals surface area contributed by atoms with E-state index in [0.29, 0.717) is 18.7 Å². The minimum Gasteiger partial charge on any atom is -0.480 e. The molecule has 1 unspecified atom stereocenters. The average molecular weight is 239 g/mol. The first-order valence-corrected chi connectivity index (χ1v) is 5.71. The van der Waals surface area contributed by atoms with E-state index in [1.54, 1.807) is 6.92 Å². The van der Waals surface area contributed by atoms with Gasteiger partial charge in [0.25, 0.3) is 0 Å². The largest absolute Gasteiger partial charge is 0.480 e. The van der Waals surface area contributed by atoms with Crippen molar-refractivity contribution in [2.24, 2.45) is 0 Å². The molecule has 1 aromatic rings. The quantitative estimate of drug-likeness (QED) is 0.858. The highest BCUT2D eigenvalue weighted by Gasteiger charge is 2.39. The molecule has 0 heterocycles. The molecule has 0 aliphatic heterocycles. The second-order valence-electron chi connectivity index (χ2n) is 4.06. The number of nitrogens with zero attached hydrogens (tertiary/aromatic N) is 1. The van der Waals surface area contributed by atoms with Crippen LogP contribution in [0.3, 0.4) is 0 Å². The molecule has 0 aliphatic carbocycles. The molecule has 0 saturated carbocycles. The summed E-state index contributed by atoms with van der Waals surface area (Å²) in [5, 5.41) is 9.45. The third-order valence-electron chi connectivity index (χ3n) is 3.22. The minimum atomic E-state index is -1.11. The number of carbonyl (C=O) groups is 1. The molecule has 4 heteroatoms. The Morgan fingerprint density at radius 3 is 2.12 bits per heavy atom. The number of halogens is 1. The summed E-state index contributed by atoms with van der Waals surface area (Å²) in [7, 11) is 0. The molecule has 0 aromatic heterocycles. The van der Waals surface area contributed by atoms with Crippen LogP contribution in [0.4, 0.5) is 4.39 Å². The van der Waals surface area contributed by atoms with Gasteiger partial charge in [-0.25, -0.2) is 9.18 Å². The normalized spacial score (nSPS) is 14.6. The van der Waals surface area contributed by atoms with Crippen LogP contribution in [0.25, 0.3) is 0 Å². The molecule has 0 radical (unpaired) electrons. The molecular weight excluding hydrogens is 221 g/mol. The lowest BCUT2D eigenvalue weighted by Gasteiger charge is -2.36. The van der Waals surface area contributed by atoms with E-state index < -0.39 is 11.5 Å². The molecule has 17 heavy (non-hydrogen) atoms. The standard InChI is InChI=1S/C13H18FNO2/c1-4-15(5-2)13(3,12(16)17)10-6-8-11(14)9-7-10/h6-9H,4-5H2,1-3H3,(H,16,17). The summed E-state index contributed by atoms with van der Waals surface area (Å²) in [4.78, 5) is 13.4. The van der Waals surface area contributed by atoms with Crippen molar-refractivity contribution in [1.29, 1.82) is 0 Å². The fourth-order valence-corrected chi connectivity index (χ4v) is 2.07. The Balaban J connectivity index is 3.24. The zero-order valence-electron chi connectivity index (χ0n) is 10.4. The summed E-state index contributed by atoms with van der Waals surface area (Å²) in [6.45, 7) is 6.71. The van der Waals surface area contributed by atoms with Crippen molar-refractivity contribution in [1.82, 2.24) is 4.90 Å². The molecule has 0 aliphatic rings. The van der Waals surface area contributed by atoms with Gasteiger partial charge in [0.15, 0.2) is 0 Å². The topological polar surface area (TPSA) is 40.5 Å². The highest BCUT2D eigenvalue weighted by molar-refractivity contribution is 5.80. The fraction of sp³-hybridized carbons (Fsp3) is 0.462. The van der Waals surface area contributed by atoms with Gasteiger partial charge in [0.1, 0.15) is 11.4 Å². The van der Waals surface area contributed by atoms with Crippen molar-refractivity contribution in [3.63, 3.8) is 0 Å². The van der Waals surface area contributed by atoms with E-state index in [4.69, 9.17) is 0 Å². The van der Waals surface area contributed by atoms with Gasteiger partial charge in [-0.2, -0.15) is 0 Å². The van der Waals surface area contributed by atoms with E-state index in [1.165, 1.54) is 24.3 Å². The lowest BCUT2D eigenvalue weighted by Crippen LogP contribution is -2.49. The number of hydrogen-bond donors (Lipinski definition) is 1. The van der Waals surface area contributed by atoms with Crippen LogP contribution in [-0.4, -0.2) is 29.1 Å². The zero-order chi connectivity index (χ0) is 13.1. The van der Waals surface area contributed by atoms with Gasteiger partial charge in [-0.05, 0) is 37.7 Å². The van der Waals surface area contributed by atoms with Crippen LogP contribution in [0.1, 0.15) is 26.3 Å². The summed E-state index contributed by atoms with van der Waals surface area (Å²) in [6.07, 6.45) is 0. The summed E-state index contributed by atoms with van der Waals surface area (Å²) < 4.78 is 12.9. The van der Waals surface area contributed by atoms with Crippen LogP contribution in [-0.2, 0) is 10.3 Å². The Hall–Kier alpha value is -1.42. The number of hydrogen-bond acceptors (Lipinski definition) is 2. The van der Waals surface area contributed by atoms with Gasteiger partial charge in [0.2, 0.25) is 0 Å². The predicted molar refractivity (Wildman–Crippen MR) is 64.3 cm³/mol. The molecule has 1 rings (SSSR count).